The van der Waals surface area contributed by atoms with Gasteiger partial charge in [0, 0.05) is 13.1 Å². The van der Waals surface area contributed by atoms with Crippen LogP contribution in [-0.2, 0) is 4.79 Å². The van der Waals surface area contributed by atoms with Crippen LogP contribution in [0.4, 0.5) is 16.3 Å². The first kappa shape index (κ1) is 17.4. The van der Waals surface area contributed by atoms with Crippen LogP contribution in [0.25, 0.3) is 0 Å². The summed E-state index contributed by atoms with van der Waals surface area (Å²) in [5.74, 6) is 1.40. The van der Waals surface area contributed by atoms with Crippen molar-refractivity contribution < 1.29 is 9.59 Å². The largest absolute Gasteiger partial charge is 0.357 e. The van der Waals surface area contributed by atoms with Crippen molar-refractivity contribution in [1.82, 2.24) is 10.3 Å². The van der Waals surface area contributed by atoms with Crippen molar-refractivity contribution in [3.8, 4) is 0 Å². The highest BCUT2D eigenvalue weighted by Gasteiger charge is 2.20. The van der Waals surface area contributed by atoms with Crippen molar-refractivity contribution in [1.29, 1.82) is 0 Å². The Bertz CT molecular complexity index is 531. The molecule has 1 fully saturated rings. The topological polar surface area (TPSA) is 100 Å². The lowest BCUT2D eigenvalue weighted by atomic mass is 10.2. The molecule has 0 spiro atoms. The molecule has 0 aromatic carbocycles. The SMILES string of the molecule is CSCC[C@H](NC(N)=O)C(=O)Nc1ccc(N2CCCC2)nc1. The highest BCUT2D eigenvalue weighted by Crippen LogP contribution is 2.19. The highest BCUT2D eigenvalue weighted by molar-refractivity contribution is 7.98. The third kappa shape index (κ3) is 5.31. The molecule has 1 aliphatic heterocycles. The minimum atomic E-state index is -0.700. The van der Waals surface area contributed by atoms with Gasteiger partial charge in [-0.1, -0.05) is 0 Å². The molecular weight excluding hydrogens is 314 g/mol. The van der Waals surface area contributed by atoms with Crippen molar-refractivity contribution in [2.24, 2.45) is 5.73 Å². The molecule has 3 amide bonds. The number of anilines is 2. The zero-order valence-electron chi connectivity index (χ0n) is 13.2. The van der Waals surface area contributed by atoms with Crippen LogP contribution >= 0.6 is 11.8 Å². The second-order valence-corrected chi connectivity index (χ2v) is 6.42. The van der Waals surface area contributed by atoms with Crippen LogP contribution in [0.1, 0.15) is 19.3 Å². The molecule has 1 saturated heterocycles. The molecule has 23 heavy (non-hydrogen) atoms. The van der Waals surface area contributed by atoms with Crippen molar-refractivity contribution in [2.45, 2.75) is 25.3 Å². The Morgan fingerprint density at radius 2 is 2.13 bits per heavy atom. The minimum Gasteiger partial charge on any atom is -0.357 e. The van der Waals surface area contributed by atoms with E-state index in [1.54, 1.807) is 18.0 Å². The number of hydrogen-bond donors (Lipinski definition) is 3. The van der Waals surface area contributed by atoms with E-state index >= 15 is 0 Å². The predicted octanol–water partition coefficient (Wildman–Crippen LogP) is 1.41. The van der Waals surface area contributed by atoms with Crippen molar-refractivity contribution in [2.75, 3.05) is 35.3 Å². The molecule has 8 heteroatoms. The van der Waals surface area contributed by atoms with Gasteiger partial charge in [0.2, 0.25) is 5.91 Å². The summed E-state index contributed by atoms with van der Waals surface area (Å²) in [7, 11) is 0. The Kier molecular flexibility index (Phi) is 6.52. The number of pyridine rings is 1. The second kappa shape index (κ2) is 8.61. The van der Waals surface area contributed by atoms with E-state index < -0.39 is 12.1 Å². The number of nitrogens with two attached hydrogens (primary N) is 1. The Balaban J connectivity index is 1.95. The van der Waals surface area contributed by atoms with Crippen LogP contribution in [-0.4, -0.2) is 48.1 Å². The third-order valence-electron chi connectivity index (χ3n) is 3.69. The summed E-state index contributed by atoms with van der Waals surface area (Å²) in [5.41, 5.74) is 5.74. The molecule has 2 heterocycles. The fourth-order valence-corrected chi connectivity index (χ4v) is 2.97. The standard InChI is InChI=1S/C15H23N5O2S/c1-23-9-6-12(19-15(16)22)14(21)18-11-4-5-13(17-10-11)20-7-2-3-8-20/h4-5,10,12H,2-3,6-9H2,1H3,(H,18,21)(H3,16,19,22)/t12-/m0/s1. The number of urea groups is 1. The molecule has 1 aromatic rings. The Morgan fingerprint density at radius 3 is 2.70 bits per heavy atom. The van der Waals surface area contributed by atoms with Gasteiger partial charge in [-0.2, -0.15) is 11.8 Å². The molecule has 7 nitrogen and oxygen atoms in total. The lowest BCUT2D eigenvalue weighted by Crippen LogP contribution is -2.46. The highest BCUT2D eigenvalue weighted by atomic mass is 32.2. The van der Waals surface area contributed by atoms with Crippen LogP contribution in [0.2, 0.25) is 0 Å². The molecule has 2 rings (SSSR count). The first-order valence-corrected chi connectivity index (χ1v) is 9.06. The fourth-order valence-electron chi connectivity index (χ4n) is 2.50. The van der Waals surface area contributed by atoms with Crippen LogP contribution in [0.3, 0.4) is 0 Å². The average Bonchev–Trinajstić information content (AvgIpc) is 3.06. The Labute approximate surface area is 140 Å². The Hall–Kier alpha value is -1.96. The zero-order chi connectivity index (χ0) is 16.7. The van der Waals surface area contributed by atoms with Gasteiger partial charge in [-0.15, -0.1) is 0 Å². The van der Waals surface area contributed by atoms with E-state index in [1.807, 2.05) is 18.4 Å². The van der Waals surface area contributed by atoms with Gasteiger partial charge < -0.3 is 21.3 Å². The number of nitrogens with one attached hydrogen (secondary N) is 2. The van der Waals surface area contributed by atoms with Gasteiger partial charge in [-0.25, -0.2) is 9.78 Å². The van der Waals surface area contributed by atoms with E-state index in [0.717, 1.165) is 24.7 Å². The number of rotatable bonds is 7. The number of carbonyl (C=O) groups excluding carboxylic acids is 2. The van der Waals surface area contributed by atoms with Gasteiger partial charge in [-0.05, 0) is 43.4 Å². The summed E-state index contributed by atoms with van der Waals surface area (Å²) in [6.07, 6.45) is 6.49. The molecule has 1 aliphatic rings. The summed E-state index contributed by atoms with van der Waals surface area (Å²) in [6, 6.07) is 2.39. The quantitative estimate of drug-likeness (QED) is 0.698. The van der Waals surface area contributed by atoms with Crippen molar-refractivity contribution >= 4 is 35.2 Å². The molecule has 0 aliphatic carbocycles. The number of amides is 3. The van der Waals surface area contributed by atoms with Gasteiger partial charge in [0.15, 0.2) is 0 Å². The third-order valence-corrected chi connectivity index (χ3v) is 4.33. The zero-order valence-corrected chi connectivity index (χ0v) is 14.1. The first-order valence-electron chi connectivity index (χ1n) is 7.67. The van der Waals surface area contributed by atoms with Gasteiger partial charge >= 0.3 is 6.03 Å². The number of aromatic nitrogens is 1. The van der Waals surface area contributed by atoms with E-state index in [-0.39, 0.29) is 5.91 Å². The number of carbonyl (C=O) groups is 2. The van der Waals surface area contributed by atoms with Gasteiger partial charge in [0.1, 0.15) is 11.9 Å². The molecule has 126 valence electrons. The summed E-state index contributed by atoms with van der Waals surface area (Å²) >= 11 is 1.61. The maximum atomic E-state index is 12.3. The lowest BCUT2D eigenvalue weighted by Gasteiger charge is -2.18. The molecule has 0 unspecified atom stereocenters. The van der Waals surface area contributed by atoms with Crippen LogP contribution < -0.4 is 21.3 Å². The van der Waals surface area contributed by atoms with E-state index in [9.17, 15) is 9.59 Å². The summed E-state index contributed by atoms with van der Waals surface area (Å²) < 4.78 is 0. The molecule has 1 atom stereocenters. The second-order valence-electron chi connectivity index (χ2n) is 5.43. The summed E-state index contributed by atoms with van der Waals surface area (Å²) in [6.45, 7) is 2.05. The number of primary amides is 1. The maximum Gasteiger partial charge on any atom is 0.312 e. The smallest absolute Gasteiger partial charge is 0.312 e. The molecule has 0 saturated carbocycles. The van der Waals surface area contributed by atoms with Crippen LogP contribution in [0.15, 0.2) is 18.3 Å². The van der Waals surface area contributed by atoms with E-state index in [1.165, 1.54) is 12.8 Å². The van der Waals surface area contributed by atoms with E-state index in [0.29, 0.717) is 12.1 Å². The normalized spacial score (nSPS) is 15.3. The van der Waals surface area contributed by atoms with Gasteiger partial charge in [0.05, 0.1) is 11.9 Å². The van der Waals surface area contributed by atoms with Gasteiger partial charge in [-0.3, -0.25) is 4.79 Å². The number of nitrogens with zero attached hydrogens (tertiary/aromatic N) is 2. The summed E-state index contributed by atoms with van der Waals surface area (Å²) in [5, 5.41) is 5.25. The molecular formula is C15H23N5O2S. The van der Waals surface area contributed by atoms with E-state index in [4.69, 9.17) is 5.73 Å². The number of hydrogen-bond acceptors (Lipinski definition) is 5. The number of thioether (sulfide) groups is 1. The fraction of sp³-hybridized carbons (Fsp3) is 0.533. The average molecular weight is 337 g/mol. The van der Waals surface area contributed by atoms with Crippen LogP contribution in [0.5, 0.6) is 0 Å². The predicted molar refractivity (Wildman–Crippen MR) is 93.8 cm³/mol. The maximum absolute atomic E-state index is 12.3. The lowest BCUT2D eigenvalue weighted by molar-refractivity contribution is -0.117. The van der Waals surface area contributed by atoms with Crippen molar-refractivity contribution in [3.63, 3.8) is 0 Å². The Morgan fingerprint density at radius 1 is 1.39 bits per heavy atom. The molecule has 0 bridgehead atoms. The first-order chi connectivity index (χ1) is 11.1. The van der Waals surface area contributed by atoms with Crippen molar-refractivity contribution in [3.05, 3.63) is 18.3 Å². The van der Waals surface area contributed by atoms with Gasteiger partial charge in [0.25, 0.3) is 0 Å². The molecule has 1 aromatic heterocycles. The summed E-state index contributed by atoms with van der Waals surface area (Å²) in [4.78, 5) is 29.9. The van der Waals surface area contributed by atoms with E-state index in [2.05, 4.69) is 20.5 Å². The monoisotopic (exact) mass is 337 g/mol. The minimum absolute atomic E-state index is 0.284. The van der Waals surface area contributed by atoms with Crippen LogP contribution in [0, 0.1) is 0 Å². The molecule has 0 radical (unpaired) electrons. The molecule has 4 N–H and O–H groups in total.